The molecule has 2 aliphatic rings. The largest absolute Gasteiger partial charge is 0.479 e. The van der Waals surface area contributed by atoms with Gasteiger partial charge in [-0.3, -0.25) is 9.59 Å². The lowest BCUT2D eigenvalue weighted by Crippen LogP contribution is -2.43. The maximum absolute atomic E-state index is 13.0. The van der Waals surface area contributed by atoms with E-state index in [9.17, 15) is 19.5 Å². The molecule has 6 heteroatoms. The quantitative estimate of drug-likeness (QED) is 0.357. The minimum atomic E-state index is -1.04. The lowest BCUT2D eigenvalue weighted by molar-refractivity contribution is -0.144. The van der Waals surface area contributed by atoms with Crippen LogP contribution in [-0.2, 0) is 11.3 Å². The lowest BCUT2D eigenvalue weighted by Gasteiger charge is -2.23. The summed E-state index contributed by atoms with van der Waals surface area (Å²) in [5.41, 5.74) is 5.51. The number of nitrogens with one attached hydrogen (secondary N) is 1. The molecule has 4 aromatic carbocycles. The molecular formula is C31H24N2O4. The summed E-state index contributed by atoms with van der Waals surface area (Å²) in [4.78, 5) is 38.9. The van der Waals surface area contributed by atoms with Crippen molar-refractivity contribution in [1.82, 2.24) is 4.90 Å². The van der Waals surface area contributed by atoms with Crippen LogP contribution < -0.4 is 5.32 Å². The van der Waals surface area contributed by atoms with E-state index in [1.807, 2.05) is 97.1 Å². The van der Waals surface area contributed by atoms with Crippen LogP contribution in [0.15, 0.2) is 97.1 Å². The van der Waals surface area contributed by atoms with Gasteiger partial charge in [-0.15, -0.1) is 0 Å². The van der Waals surface area contributed by atoms with Crippen molar-refractivity contribution in [3.8, 4) is 22.3 Å². The van der Waals surface area contributed by atoms with Gasteiger partial charge in [0, 0.05) is 23.4 Å². The highest BCUT2D eigenvalue weighted by Crippen LogP contribution is 2.46. The summed E-state index contributed by atoms with van der Waals surface area (Å²) in [7, 11) is 0. The highest BCUT2D eigenvalue weighted by molar-refractivity contribution is 6.05. The van der Waals surface area contributed by atoms with E-state index >= 15 is 0 Å². The first kappa shape index (κ1) is 22.7. The van der Waals surface area contributed by atoms with Gasteiger partial charge < -0.3 is 15.3 Å². The fourth-order valence-corrected chi connectivity index (χ4v) is 4.94. The normalized spacial score (nSPS) is 15.2. The van der Waals surface area contributed by atoms with Crippen LogP contribution in [0, 0.1) is 0 Å². The van der Waals surface area contributed by atoms with E-state index in [1.165, 1.54) is 4.90 Å². The number of fused-ring (bicyclic) bond motifs is 1. The molecule has 6 rings (SSSR count). The van der Waals surface area contributed by atoms with Gasteiger partial charge in [0.2, 0.25) is 0 Å². The van der Waals surface area contributed by atoms with Crippen molar-refractivity contribution in [2.75, 3.05) is 5.32 Å². The van der Waals surface area contributed by atoms with Crippen molar-refractivity contribution in [2.45, 2.75) is 24.9 Å². The molecule has 1 fully saturated rings. The number of carboxylic acids is 1. The monoisotopic (exact) mass is 488 g/mol. The number of carbonyl (C=O) groups excluding carboxylic acids is 2. The van der Waals surface area contributed by atoms with Gasteiger partial charge in [0.05, 0.1) is 0 Å². The van der Waals surface area contributed by atoms with E-state index in [0.717, 1.165) is 27.8 Å². The van der Waals surface area contributed by atoms with Gasteiger partial charge in [0.15, 0.2) is 0 Å². The Morgan fingerprint density at radius 2 is 1.35 bits per heavy atom. The Labute approximate surface area is 214 Å². The van der Waals surface area contributed by atoms with Gasteiger partial charge in [-0.05, 0) is 71.0 Å². The molecule has 1 heterocycles. The first-order chi connectivity index (χ1) is 17.9. The van der Waals surface area contributed by atoms with E-state index in [-0.39, 0.29) is 11.8 Å². The van der Waals surface area contributed by atoms with Crippen molar-refractivity contribution < 1.29 is 19.5 Å². The third kappa shape index (κ3) is 4.06. The highest BCUT2D eigenvalue weighted by Gasteiger charge is 2.58. The molecule has 37 heavy (non-hydrogen) atoms. The van der Waals surface area contributed by atoms with Gasteiger partial charge in [-0.1, -0.05) is 66.7 Å². The summed E-state index contributed by atoms with van der Waals surface area (Å²) >= 11 is 0. The fourth-order valence-electron chi connectivity index (χ4n) is 4.94. The van der Waals surface area contributed by atoms with Crippen molar-refractivity contribution in [1.29, 1.82) is 0 Å². The van der Waals surface area contributed by atoms with E-state index < -0.39 is 11.5 Å². The molecule has 1 aliphatic carbocycles. The third-order valence-electron chi connectivity index (χ3n) is 7.28. The SMILES string of the molecule is O=C(Nc1ccc(-c2ccc3c(c2)C(=O)N(C2(C(=O)O)CC2)C3)cc1)c1ccc(-c2ccccc2)cc1. The number of rotatable bonds is 6. The first-order valence-corrected chi connectivity index (χ1v) is 12.2. The molecule has 0 spiro atoms. The topological polar surface area (TPSA) is 86.7 Å². The summed E-state index contributed by atoms with van der Waals surface area (Å²) in [5.74, 6) is -1.35. The second kappa shape index (κ2) is 8.75. The molecule has 1 saturated carbocycles. The second-order valence-electron chi connectivity index (χ2n) is 9.57. The smallest absolute Gasteiger partial charge is 0.329 e. The summed E-state index contributed by atoms with van der Waals surface area (Å²) < 4.78 is 0. The molecule has 1 aliphatic heterocycles. The predicted molar refractivity (Wildman–Crippen MR) is 141 cm³/mol. The molecule has 0 aromatic heterocycles. The van der Waals surface area contributed by atoms with E-state index in [2.05, 4.69) is 5.32 Å². The lowest BCUT2D eigenvalue weighted by atomic mass is 10.00. The molecule has 0 saturated heterocycles. The van der Waals surface area contributed by atoms with E-state index in [4.69, 9.17) is 0 Å². The van der Waals surface area contributed by atoms with E-state index in [0.29, 0.717) is 36.2 Å². The number of hydrogen-bond donors (Lipinski definition) is 2. The first-order valence-electron chi connectivity index (χ1n) is 12.2. The summed E-state index contributed by atoms with van der Waals surface area (Å²) in [6.45, 7) is 0.331. The molecule has 2 N–H and O–H groups in total. The van der Waals surface area contributed by atoms with Gasteiger partial charge in [-0.2, -0.15) is 0 Å². The zero-order valence-corrected chi connectivity index (χ0v) is 20.0. The molecule has 0 bridgehead atoms. The number of hydrogen-bond acceptors (Lipinski definition) is 3. The zero-order chi connectivity index (χ0) is 25.6. The second-order valence-corrected chi connectivity index (χ2v) is 9.57. The maximum atomic E-state index is 13.0. The standard InChI is InChI=1S/C31H24N2O4/c34-28(23-8-6-21(7-9-23)20-4-2-1-3-5-20)32-26-14-12-22(13-15-26)24-10-11-25-19-33(29(35)27(25)18-24)31(16-17-31)30(36)37/h1-15,18H,16-17,19H2,(H,32,34)(H,36,37). The molecule has 6 nitrogen and oxygen atoms in total. The van der Waals surface area contributed by atoms with Crippen LogP contribution in [0.1, 0.15) is 39.1 Å². The van der Waals surface area contributed by atoms with Crippen LogP contribution in [0.2, 0.25) is 0 Å². The number of amides is 2. The third-order valence-corrected chi connectivity index (χ3v) is 7.28. The Balaban J connectivity index is 1.15. The number of anilines is 1. The number of carboxylic acid groups (broad SMARTS) is 1. The summed E-state index contributed by atoms with van der Waals surface area (Å²) in [6.07, 6.45) is 0.999. The Kier molecular flexibility index (Phi) is 5.37. The van der Waals surface area contributed by atoms with Crippen molar-refractivity contribution in [3.05, 3.63) is 114 Å². The number of benzene rings is 4. The van der Waals surface area contributed by atoms with Crippen LogP contribution in [-0.4, -0.2) is 33.3 Å². The number of nitrogens with zero attached hydrogens (tertiary/aromatic N) is 1. The highest BCUT2D eigenvalue weighted by atomic mass is 16.4. The Hall–Kier alpha value is -4.71. The maximum Gasteiger partial charge on any atom is 0.329 e. The molecule has 4 aromatic rings. The predicted octanol–water partition coefficient (Wildman–Crippen LogP) is 5.85. The average molecular weight is 489 g/mol. The molecule has 0 radical (unpaired) electrons. The number of aliphatic carboxylic acids is 1. The minimum absolute atomic E-state index is 0.192. The van der Waals surface area contributed by atoms with Gasteiger partial charge >= 0.3 is 5.97 Å². The van der Waals surface area contributed by atoms with Gasteiger partial charge in [0.25, 0.3) is 11.8 Å². The Morgan fingerprint density at radius 1 is 0.757 bits per heavy atom. The molecule has 182 valence electrons. The van der Waals surface area contributed by atoms with Crippen molar-refractivity contribution in [2.24, 2.45) is 0 Å². The van der Waals surface area contributed by atoms with Gasteiger partial charge in [0.1, 0.15) is 5.54 Å². The molecule has 0 atom stereocenters. The van der Waals surface area contributed by atoms with Crippen LogP contribution in [0.25, 0.3) is 22.3 Å². The Bertz CT molecular complexity index is 1520. The number of carbonyl (C=O) groups is 3. The molecule has 2 amide bonds. The van der Waals surface area contributed by atoms with Crippen LogP contribution in [0.3, 0.4) is 0 Å². The summed E-state index contributed by atoms with van der Waals surface area (Å²) in [6, 6.07) is 30.6. The van der Waals surface area contributed by atoms with Gasteiger partial charge in [-0.25, -0.2) is 4.79 Å². The molecule has 0 unspecified atom stereocenters. The van der Waals surface area contributed by atoms with E-state index in [1.54, 1.807) is 0 Å². The Morgan fingerprint density at radius 3 is 2.00 bits per heavy atom. The zero-order valence-electron chi connectivity index (χ0n) is 20.0. The molecular weight excluding hydrogens is 464 g/mol. The van der Waals surface area contributed by atoms with Crippen LogP contribution in [0.5, 0.6) is 0 Å². The minimum Gasteiger partial charge on any atom is -0.479 e. The van der Waals surface area contributed by atoms with Crippen LogP contribution >= 0.6 is 0 Å². The average Bonchev–Trinajstić information content (AvgIpc) is 3.68. The van der Waals surface area contributed by atoms with Crippen molar-refractivity contribution in [3.63, 3.8) is 0 Å². The van der Waals surface area contributed by atoms with Crippen LogP contribution in [0.4, 0.5) is 5.69 Å². The van der Waals surface area contributed by atoms with Crippen molar-refractivity contribution >= 4 is 23.5 Å². The summed E-state index contributed by atoms with van der Waals surface area (Å²) in [5, 5.41) is 12.5. The fraction of sp³-hybridized carbons (Fsp3) is 0.129.